The number of carbonyl (C=O) groups excluding carboxylic acids is 1. The van der Waals surface area contributed by atoms with Gasteiger partial charge in [-0.2, -0.15) is 0 Å². The van der Waals surface area contributed by atoms with Crippen LogP contribution in [-0.4, -0.2) is 30.0 Å². The van der Waals surface area contributed by atoms with Gasteiger partial charge in [0.15, 0.2) is 0 Å². The lowest BCUT2D eigenvalue weighted by Crippen LogP contribution is -2.44. The Morgan fingerprint density at radius 2 is 2.15 bits per heavy atom. The molecule has 1 amide bonds. The lowest BCUT2D eigenvalue weighted by Gasteiger charge is -2.22. The first kappa shape index (κ1) is 12.7. The smallest absolute Gasteiger partial charge is 0.241 e. The number of hydrogen-bond acceptors (Lipinski definition) is 3. The van der Waals surface area contributed by atoms with Crippen LogP contribution in [0.5, 0.6) is 0 Å². The highest BCUT2D eigenvalue weighted by molar-refractivity contribution is 5.85. The standard InChI is InChI=1S/C8H17N3O.ClH/c1-6(7(2)9)8(12)11-5-3-4-10-11;/h6-7,10H,3-5,9H2,1-2H3;1H. The summed E-state index contributed by atoms with van der Waals surface area (Å²) in [5.41, 5.74) is 8.65. The third kappa shape index (κ3) is 3.14. The van der Waals surface area contributed by atoms with Crippen LogP contribution in [0, 0.1) is 5.92 Å². The molecular weight excluding hydrogens is 190 g/mol. The van der Waals surface area contributed by atoms with Crippen molar-refractivity contribution in [3.8, 4) is 0 Å². The van der Waals surface area contributed by atoms with E-state index < -0.39 is 0 Å². The van der Waals surface area contributed by atoms with Gasteiger partial charge in [0, 0.05) is 19.1 Å². The summed E-state index contributed by atoms with van der Waals surface area (Å²) in [6.07, 6.45) is 1.04. The van der Waals surface area contributed by atoms with Crippen LogP contribution in [0.1, 0.15) is 20.3 Å². The van der Waals surface area contributed by atoms with Crippen molar-refractivity contribution in [3.05, 3.63) is 0 Å². The van der Waals surface area contributed by atoms with E-state index >= 15 is 0 Å². The van der Waals surface area contributed by atoms with Gasteiger partial charge in [0.2, 0.25) is 5.91 Å². The van der Waals surface area contributed by atoms with Crippen molar-refractivity contribution < 1.29 is 4.79 Å². The molecule has 1 rings (SSSR count). The molecule has 1 aliphatic rings. The first-order valence-corrected chi connectivity index (χ1v) is 4.43. The van der Waals surface area contributed by atoms with E-state index in [9.17, 15) is 4.79 Å². The maximum Gasteiger partial charge on any atom is 0.241 e. The molecule has 0 bridgehead atoms. The molecule has 13 heavy (non-hydrogen) atoms. The maximum absolute atomic E-state index is 11.6. The predicted molar refractivity (Wildman–Crippen MR) is 54.4 cm³/mol. The molecule has 1 heterocycles. The molecule has 0 radical (unpaired) electrons. The fourth-order valence-electron chi connectivity index (χ4n) is 1.19. The normalized spacial score (nSPS) is 20.7. The number of carbonyl (C=O) groups is 1. The van der Waals surface area contributed by atoms with Crippen LogP contribution < -0.4 is 11.2 Å². The number of nitrogens with zero attached hydrogens (tertiary/aromatic N) is 1. The van der Waals surface area contributed by atoms with E-state index in [1.54, 1.807) is 5.01 Å². The zero-order chi connectivity index (χ0) is 9.14. The second-order valence-corrected chi connectivity index (χ2v) is 3.40. The average Bonchev–Trinajstić information content (AvgIpc) is 2.53. The Morgan fingerprint density at radius 3 is 2.54 bits per heavy atom. The molecular formula is C8H18ClN3O. The van der Waals surface area contributed by atoms with Crippen molar-refractivity contribution in [2.45, 2.75) is 26.3 Å². The maximum atomic E-state index is 11.6. The number of rotatable bonds is 2. The molecule has 5 heteroatoms. The Kier molecular flexibility index (Phi) is 5.29. The molecule has 1 saturated heterocycles. The van der Waals surface area contributed by atoms with E-state index in [4.69, 9.17) is 5.73 Å². The van der Waals surface area contributed by atoms with E-state index in [1.165, 1.54) is 0 Å². The van der Waals surface area contributed by atoms with Gasteiger partial charge in [-0.15, -0.1) is 12.4 Å². The van der Waals surface area contributed by atoms with E-state index in [0.29, 0.717) is 0 Å². The molecule has 0 saturated carbocycles. The van der Waals surface area contributed by atoms with Gasteiger partial charge in [-0.1, -0.05) is 6.92 Å². The molecule has 1 fully saturated rings. The second-order valence-electron chi connectivity index (χ2n) is 3.40. The van der Waals surface area contributed by atoms with Crippen molar-refractivity contribution in [2.75, 3.05) is 13.1 Å². The zero-order valence-corrected chi connectivity index (χ0v) is 8.93. The summed E-state index contributed by atoms with van der Waals surface area (Å²) >= 11 is 0. The number of hydrogen-bond donors (Lipinski definition) is 2. The summed E-state index contributed by atoms with van der Waals surface area (Å²) in [7, 11) is 0. The fourth-order valence-corrected chi connectivity index (χ4v) is 1.19. The minimum absolute atomic E-state index is 0. The number of nitrogens with two attached hydrogens (primary N) is 1. The monoisotopic (exact) mass is 207 g/mol. The quantitative estimate of drug-likeness (QED) is 0.677. The molecule has 78 valence electrons. The predicted octanol–water partition coefficient (Wildman–Crippen LogP) is 0.128. The van der Waals surface area contributed by atoms with Crippen molar-refractivity contribution in [1.29, 1.82) is 0 Å². The van der Waals surface area contributed by atoms with Crippen LogP contribution in [0.3, 0.4) is 0 Å². The number of halogens is 1. The highest BCUT2D eigenvalue weighted by atomic mass is 35.5. The Bertz CT molecular complexity index is 165. The van der Waals surface area contributed by atoms with Gasteiger partial charge in [-0.25, -0.2) is 5.43 Å². The number of nitrogens with one attached hydrogen (secondary N) is 1. The van der Waals surface area contributed by atoms with Gasteiger partial charge in [-0.05, 0) is 13.3 Å². The third-order valence-corrected chi connectivity index (χ3v) is 2.31. The lowest BCUT2D eigenvalue weighted by molar-refractivity contribution is -0.137. The third-order valence-electron chi connectivity index (χ3n) is 2.31. The number of amides is 1. The van der Waals surface area contributed by atoms with Crippen LogP contribution in [0.2, 0.25) is 0 Å². The first-order chi connectivity index (χ1) is 5.63. The summed E-state index contributed by atoms with van der Waals surface area (Å²) < 4.78 is 0. The first-order valence-electron chi connectivity index (χ1n) is 4.43. The van der Waals surface area contributed by atoms with Gasteiger partial charge in [-0.3, -0.25) is 9.80 Å². The van der Waals surface area contributed by atoms with Crippen LogP contribution >= 0.6 is 12.4 Å². The van der Waals surface area contributed by atoms with E-state index in [1.807, 2.05) is 13.8 Å². The molecule has 0 spiro atoms. The average molecular weight is 208 g/mol. The van der Waals surface area contributed by atoms with Crippen molar-refractivity contribution >= 4 is 18.3 Å². The molecule has 0 aromatic rings. The Morgan fingerprint density at radius 1 is 1.54 bits per heavy atom. The van der Waals surface area contributed by atoms with Gasteiger partial charge in [0.25, 0.3) is 0 Å². The summed E-state index contributed by atoms with van der Waals surface area (Å²) in [6.45, 7) is 5.44. The highest BCUT2D eigenvalue weighted by Crippen LogP contribution is 2.07. The zero-order valence-electron chi connectivity index (χ0n) is 8.12. The fraction of sp³-hybridized carbons (Fsp3) is 0.875. The van der Waals surface area contributed by atoms with Crippen molar-refractivity contribution in [2.24, 2.45) is 11.7 Å². The van der Waals surface area contributed by atoms with Crippen molar-refractivity contribution in [3.63, 3.8) is 0 Å². The van der Waals surface area contributed by atoms with E-state index in [-0.39, 0.29) is 30.3 Å². The molecule has 4 nitrogen and oxygen atoms in total. The lowest BCUT2D eigenvalue weighted by atomic mass is 10.0. The molecule has 2 atom stereocenters. The molecule has 0 aliphatic carbocycles. The largest absolute Gasteiger partial charge is 0.327 e. The summed E-state index contributed by atoms with van der Waals surface area (Å²) in [5.74, 6) is 0.0260. The Balaban J connectivity index is 0.00000144. The highest BCUT2D eigenvalue weighted by Gasteiger charge is 2.25. The summed E-state index contributed by atoms with van der Waals surface area (Å²) in [6, 6.07) is -0.0695. The van der Waals surface area contributed by atoms with Gasteiger partial charge in [0.05, 0.1) is 5.92 Å². The molecule has 0 aromatic heterocycles. The second kappa shape index (κ2) is 5.42. The minimum Gasteiger partial charge on any atom is -0.327 e. The summed E-state index contributed by atoms with van der Waals surface area (Å²) in [4.78, 5) is 11.6. The van der Waals surface area contributed by atoms with E-state index in [0.717, 1.165) is 19.5 Å². The van der Waals surface area contributed by atoms with E-state index in [2.05, 4.69) is 5.43 Å². The molecule has 3 N–H and O–H groups in total. The van der Waals surface area contributed by atoms with Crippen LogP contribution in [-0.2, 0) is 4.79 Å². The van der Waals surface area contributed by atoms with Crippen LogP contribution in [0.15, 0.2) is 0 Å². The number of hydrazine groups is 1. The Hall–Kier alpha value is -0.320. The summed E-state index contributed by atoms with van der Waals surface area (Å²) in [5, 5.41) is 1.67. The van der Waals surface area contributed by atoms with Gasteiger partial charge in [0.1, 0.15) is 0 Å². The van der Waals surface area contributed by atoms with Crippen molar-refractivity contribution in [1.82, 2.24) is 10.4 Å². The molecule has 2 unspecified atom stereocenters. The van der Waals surface area contributed by atoms with Crippen LogP contribution in [0.4, 0.5) is 0 Å². The molecule has 1 aliphatic heterocycles. The van der Waals surface area contributed by atoms with Gasteiger partial charge >= 0.3 is 0 Å². The molecule has 0 aromatic carbocycles. The minimum atomic E-state index is -0.0874. The van der Waals surface area contributed by atoms with Gasteiger partial charge < -0.3 is 5.73 Å². The Labute approximate surface area is 85.2 Å². The SMILES string of the molecule is CC(N)C(C)C(=O)N1CCCN1.Cl. The topological polar surface area (TPSA) is 58.4 Å². The van der Waals surface area contributed by atoms with Crippen LogP contribution in [0.25, 0.3) is 0 Å².